The molecule has 0 radical (unpaired) electrons. The van der Waals surface area contributed by atoms with E-state index in [2.05, 4.69) is 0 Å². The van der Waals surface area contributed by atoms with Crippen molar-refractivity contribution in [2.45, 2.75) is 33.6 Å². The predicted octanol–water partition coefficient (Wildman–Crippen LogP) is 2.05. The number of esters is 1. The van der Waals surface area contributed by atoms with Crippen molar-refractivity contribution < 1.29 is 23.9 Å². The van der Waals surface area contributed by atoms with Gasteiger partial charge in [0.05, 0.1) is 6.61 Å². The molecule has 16 heavy (non-hydrogen) atoms. The SMILES string of the molecule is CCOC(=O)C(=CP(=O)(O)O)C(CC)CC. The molecule has 0 unspecified atom stereocenters. The summed E-state index contributed by atoms with van der Waals surface area (Å²) < 4.78 is 15.7. The molecule has 0 saturated carbocycles. The lowest BCUT2D eigenvalue weighted by atomic mass is 9.95. The highest BCUT2D eigenvalue weighted by Gasteiger charge is 2.23. The quantitative estimate of drug-likeness (QED) is 0.428. The molecule has 0 aliphatic carbocycles. The van der Waals surface area contributed by atoms with Crippen LogP contribution in [0, 0.1) is 5.92 Å². The van der Waals surface area contributed by atoms with Gasteiger partial charge in [-0.2, -0.15) is 0 Å². The van der Waals surface area contributed by atoms with Crippen molar-refractivity contribution in [1.29, 1.82) is 0 Å². The Morgan fingerprint density at radius 3 is 2.12 bits per heavy atom. The summed E-state index contributed by atoms with van der Waals surface area (Å²) in [6, 6.07) is 0. The Morgan fingerprint density at radius 2 is 1.81 bits per heavy atom. The lowest BCUT2D eigenvalue weighted by molar-refractivity contribution is -0.139. The summed E-state index contributed by atoms with van der Waals surface area (Å²) in [7, 11) is -4.34. The van der Waals surface area contributed by atoms with E-state index < -0.39 is 13.6 Å². The summed E-state index contributed by atoms with van der Waals surface area (Å²) in [6.45, 7) is 5.57. The van der Waals surface area contributed by atoms with Gasteiger partial charge < -0.3 is 14.5 Å². The molecule has 0 aromatic heterocycles. The van der Waals surface area contributed by atoms with E-state index in [1.54, 1.807) is 6.92 Å². The van der Waals surface area contributed by atoms with Gasteiger partial charge in [-0.05, 0) is 25.7 Å². The zero-order valence-electron chi connectivity index (χ0n) is 9.84. The average Bonchev–Trinajstić information content (AvgIpc) is 2.16. The molecule has 0 rings (SSSR count). The second-order valence-corrected chi connectivity index (χ2v) is 4.84. The van der Waals surface area contributed by atoms with E-state index in [0.717, 1.165) is 5.82 Å². The molecule has 0 aliphatic heterocycles. The molecule has 0 atom stereocenters. The molecule has 5 nitrogen and oxygen atoms in total. The molecular weight excluding hydrogens is 231 g/mol. The number of hydrogen-bond acceptors (Lipinski definition) is 3. The van der Waals surface area contributed by atoms with Gasteiger partial charge in [0.15, 0.2) is 0 Å². The number of carbonyl (C=O) groups is 1. The van der Waals surface area contributed by atoms with Crippen molar-refractivity contribution in [2.75, 3.05) is 6.61 Å². The molecule has 2 N–H and O–H groups in total. The average molecular weight is 250 g/mol. The second-order valence-electron chi connectivity index (χ2n) is 3.41. The summed E-state index contributed by atoms with van der Waals surface area (Å²) in [4.78, 5) is 29.3. The van der Waals surface area contributed by atoms with Gasteiger partial charge in [0, 0.05) is 11.4 Å². The first-order valence-corrected chi connectivity index (χ1v) is 6.98. The van der Waals surface area contributed by atoms with Gasteiger partial charge in [-0.1, -0.05) is 13.8 Å². The first kappa shape index (κ1) is 15.4. The van der Waals surface area contributed by atoms with Crippen molar-refractivity contribution in [3.05, 3.63) is 11.4 Å². The third-order valence-corrected chi connectivity index (χ3v) is 2.86. The minimum Gasteiger partial charge on any atom is -0.463 e. The van der Waals surface area contributed by atoms with Gasteiger partial charge in [-0.3, -0.25) is 4.57 Å². The molecule has 0 aromatic carbocycles. The van der Waals surface area contributed by atoms with Crippen LogP contribution in [0.1, 0.15) is 33.6 Å². The first-order valence-electron chi connectivity index (χ1n) is 5.30. The summed E-state index contributed by atoms with van der Waals surface area (Å²) in [5.41, 5.74) is 0.0835. The number of carbonyl (C=O) groups excluding carboxylic acids is 1. The van der Waals surface area contributed by atoms with Crippen molar-refractivity contribution in [3.8, 4) is 0 Å². The maximum atomic E-state index is 11.5. The Labute approximate surface area is 95.7 Å². The minimum atomic E-state index is -4.34. The molecule has 0 spiro atoms. The Hall–Kier alpha value is -0.640. The normalized spacial score (nSPS) is 13.0. The van der Waals surface area contributed by atoms with Crippen LogP contribution in [-0.4, -0.2) is 22.4 Å². The van der Waals surface area contributed by atoms with Crippen LogP contribution in [0.3, 0.4) is 0 Å². The minimum absolute atomic E-state index is 0.0835. The largest absolute Gasteiger partial charge is 0.463 e. The highest BCUT2D eigenvalue weighted by Crippen LogP contribution is 2.40. The molecular formula is C10H19O5P. The van der Waals surface area contributed by atoms with Crippen LogP contribution in [0.25, 0.3) is 0 Å². The monoisotopic (exact) mass is 250 g/mol. The number of hydrogen-bond donors (Lipinski definition) is 2. The maximum absolute atomic E-state index is 11.5. The van der Waals surface area contributed by atoms with Crippen LogP contribution >= 0.6 is 7.60 Å². The molecule has 6 heteroatoms. The third kappa shape index (κ3) is 5.45. The van der Waals surface area contributed by atoms with Crippen molar-refractivity contribution in [2.24, 2.45) is 5.92 Å². The smallest absolute Gasteiger partial charge is 0.349 e. The number of rotatable bonds is 6. The van der Waals surface area contributed by atoms with Crippen molar-refractivity contribution in [1.82, 2.24) is 0 Å². The molecule has 0 amide bonds. The summed E-state index contributed by atoms with van der Waals surface area (Å²) in [5, 5.41) is 0. The van der Waals surface area contributed by atoms with E-state index >= 15 is 0 Å². The van der Waals surface area contributed by atoms with E-state index in [9.17, 15) is 9.36 Å². The van der Waals surface area contributed by atoms with Crippen LogP contribution in [0.4, 0.5) is 0 Å². The number of ether oxygens (including phenoxy) is 1. The van der Waals surface area contributed by atoms with Crippen LogP contribution < -0.4 is 0 Å². The van der Waals surface area contributed by atoms with Crippen LogP contribution in [0.2, 0.25) is 0 Å². The first-order chi connectivity index (χ1) is 7.35. The summed E-state index contributed by atoms with van der Waals surface area (Å²) >= 11 is 0. The van der Waals surface area contributed by atoms with E-state index in [-0.39, 0.29) is 18.1 Å². The predicted molar refractivity (Wildman–Crippen MR) is 60.8 cm³/mol. The van der Waals surface area contributed by atoms with E-state index in [1.807, 2.05) is 13.8 Å². The highest BCUT2D eigenvalue weighted by atomic mass is 31.2. The van der Waals surface area contributed by atoms with Crippen LogP contribution in [-0.2, 0) is 14.1 Å². The van der Waals surface area contributed by atoms with Gasteiger partial charge >= 0.3 is 13.6 Å². The Bertz CT molecular complexity index is 300. The standard InChI is InChI=1S/C10H19O5P/c1-4-8(5-2)9(7-16(12,13)14)10(11)15-6-3/h7-8H,4-6H2,1-3H3,(H2,12,13,14). The molecule has 0 aromatic rings. The molecule has 0 fully saturated rings. The fourth-order valence-electron chi connectivity index (χ4n) is 1.45. The van der Waals surface area contributed by atoms with E-state index in [0.29, 0.717) is 12.8 Å². The van der Waals surface area contributed by atoms with Gasteiger partial charge in [-0.25, -0.2) is 4.79 Å². The van der Waals surface area contributed by atoms with Crippen LogP contribution in [0.5, 0.6) is 0 Å². The van der Waals surface area contributed by atoms with Gasteiger partial charge in [0.2, 0.25) is 0 Å². The zero-order valence-corrected chi connectivity index (χ0v) is 10.7. The topological polar surface area (TPSA) is 83.8 Å². The lowest BCUT2D eigenvalue weighted by Crippen LogP contribution is -2.15. The van der Waals surface area contributed by atoms with Gasteiger partial charge in [0.1, 0.15) is 0 Å². The van der Waals surface area contributed by atoms with Gasteiger partial charge in [-0.15, -0.1) is 0 Å². The lowest BCUT2D eigenvalue weighted by Gasteiger charge is -2.16. The van der Waals surface area contributed by atoms with Crippen molar-refractivity contribution in [3.63, 3.8) is 0 Å². The molecule has 0 bridgehead atoms. The highest BCUT2D eigenvalue weighted by molar-refractivity contribution is 7.55. The van der Waals surface area contributed by atoms with Crippen molar-refractivity contribution >= 4 is 13.6 Å². The van der Waals surface area contributed by atoms with Crippen LogP contribution in [0.15, 0.2) is 11.4 Å². The zero-order chi connectivity index (χ0) is 12.8. The summed E-state index contributed by atoms with van der Waals surface area (Å²) in [6.07, 6.45) is 1.28. The second kappa shape index (κ2) is 6.84. The molecule has 94 valence electrons. The Kier molecular flexibility index (Phi) is 6.56. The fourth-order valence-corrected chi connectivity index (χ4v) is 2.13. The maximum Gasteiger partial charge on any atom is 0.349 e. The van der Waals surface area contributed by atoms with Gasteiger partial charge in [0.25, 0.3) is 0 Å². The molecule has 0 saturated heterocycles. The fraction of sp³-hybridized carbons (Fsp3) is 0.700. The summed E-state index contributed by atoms with van der Waals surface area (Å²) in [5.74, 6) is -0.0888. The molecule has 0 heterocycles. The van der Waals surface area contributed by atoms with E-state index in [4.69, 9.17) is 14.5 Å². The third-order valence-electron chi connectivity index (χ3n) is 2.24. The molecule has 0 aliphatic rings. The Balaban J connectivity index is 5.12. The van der Waals surface area contributed by atoms with E-state index in [1.165, 1.54) is 0 Å². The Morgan fingerprint density at radius 1 is 1.31 bits per heavy atom.